The summed E-state index contributed by atoms with van der Waals surface area (Å²) in [5, 5.41) is 3.34. The summed E-state index contributed by atoms with van der Waals surface area (Å²) in [4.78, 5) is 4.48. The fourth-order valence-corrected chi connectivity index (χ4v) is 2.15. The van der Waals surface area contributed by atoms with Crippen molar-refractivity contribution >= 4 is 27.6 Å². The molecule has 0 aliphatic rings. The van der Waals surface area contributed by atoms with Gasteiger partial charge in [-0.2, -0.15) is 0 Å². The van der Waals surface area contributed by atoms with Crippen LogP contribution in [0.25, 0.3) is 0 Å². The van der Waals surface area contributed by atoms with Crippen molar-refractivity contribution in [2.45, 2.75) is 20.4 Å². The van der Waals surface area contributed by atoms with Crippen LogP contribution in [0.2, 0.25) is 0 Å². The number of anilines is 2. The standard InChI is InChI=1S/C14H16BrN3/c1-4-8-18-9-11(3)16-14(18)17-12-7-5-6-10(2)13(12)15/h4-7,9H,1,8H2,2-3H3,(H,16,17). The number of rotatable bonds is 4. The molecule has 0 aliphatic carbocycles. The molecule has 0 atom stereocenters. The minimum absolute atomic E-state index is 0.743. The molecule has 3 nitrogen and oxygen atoms in total. The lowest BCUT2D eigenvalue weighted by molar-refractivity contribution is 0.832. The first-order valence-corrected chi connectivity index (χ1v) is 6.58. The third-order valence-electron chi connectivity index (χ3n) is 2.66. The third kappa shape index (κ3) is 2.64. The van der Waals surface area contributed by atoms with E-state index in [4.69, 9.17) is 0 Å². The van der Waals surface area contributed by atoms with Gasteiger partial charge in [-0.15, -0.1) is 6.58 Å². The number of nitrogens with zero attached hydrogens (tertiary/aromatic N) is 2. The molecule has 0 amide bonds. The molecule has 18 heavy (non-hydrogen) atoms. The highest BCUT2D eigenvalue weighted by molar-refractivity contribution is 9.10. The molecule has 0 aliphatic heterocycles. The van der Waals surface area contributed by atoms with Crippen molar-refractivity contribution in [1.82, 2.24) is 9.55 Å². The van der Waals surface area contributed by atoms with E-state index < -0.39 is 0 Å². The Morgan fingerprint density at radius 1 is 1.44 bits per heavy atom. The minimum atomic E-state index is 0.743. The van der Waals surface area contributed by atoms with E-state index in [0.717, 1.165) is 28.3 Å². The van der Waals surface area contributed by atoms with Crippen LogP contribution in [0.15, 0.2) is 41.5 Å². The number of nitrogens with one attached hydrogen (secondary N) is 1. The van der Waals surface area contributed by atoms with E-state index >= 15 is 0 Å². The smallest absolute Gasteiger partial charge is 0.207 e. The molecule has 4 heteroatoms. The van der Waals surface area contributed by atoms with Crippen molar-refractivity contribution in [1.29, 1.82) is 0 Å². The van der Waals surface area contributed by atoms with E-state index in [2.05, 4.69) is 45.8 Å². The lowest BCUT2D eigenvalue weighted by atomic mass is 10.2. The van der Waals surface area contributed by atoms with Crippen molar-refractivity contribution in [3.8, 4) is 0 Å². The second-order valence-corrected chi connectivity index (χ2v) is 5.00. The van der Waals surface area contributed by atoms with Gasteiger partial charge in [0.05, 0.1) is 11.4 Å². The Labute approximate surface area is 116 Å². The molecule has 1 aromatic heterocycles. The summed E-state index contributed by atoms with van der Waals surface area (Å²) >= 11 is 3.59. The summed E-state index contributed by atoms with van der Waals surface area (Å²) in [6.45, 7) is 8.55. The monoisotopic (exact) mass is 305 g/mol. The van der Waals surface area contributed by atoms with Gasteiger partial charge >= 0.3 is 0 Å². The van der Waals surface area contributed by atoms with E-state index in [9.17, 15) is 0 Å². The minimum Gasteiger partial charge on any atom is -0.325 e. The Morgan fingerprint density at radius 3 is 2.94 bits per heavy atom. The van der Waals surface area contributed by atoms with Crippen LogP contribution < -0.4 is 5.32 Å². The van der Waals surface area contributed by atoms with Gasteiger partial charge in [0.2, 0.25) is 5.95 Å². The molecule has 0 bridgehead atoms. The second kappa shape index (κ2) is 5.40. The maximum Gasteiger partial charge on any atom is 0.207 e. The summed E-state index contributed by atoms with van der Waals surface area (Å²) in [6.07, 6.45) is 3.87. The predicted molar refractivity (Wildman–Crippen MR) is 79.3 cm³/mol. The molecule has 2 rings (SSSR count). The SMILES string of the molecule is C=CCn1cc(C)nc1Nc1cccc(C)c1Br. The normalized spacial score (nSPS) is 10.4. The number of imidazole rings is 1. The van der Waals surface area contributed by atoms with E-state index in [1.165, 1.54) is 5.56 Å². The molecule has 0 spiro atoms. The fraction of sp³-hybridized carbons (Fsp3) is 0.214. The van der Waals surface area contributed by atoms with Gasteiger partial charge < -0.3 is 9.88 Å². The van der Waals surface area contributed by atoms with Crippen LogP contribution in [0.4, 0.5) is 11.6 Å². The Kier molecular flexibility index (Phi) is 3.87. The maximum absolute atomic E-state index is 4.48. The van der Waals surface area contributed by atoms with E-state index in [-0.39, 0.29) is 0 Å². The highest BCUT2D eigenvalue weighted by Gasteiger charge is 2.07. The van der Waals surface area contributed by atoms with Crippen LogP contribution in [-0.4, -0.2) is 9.55 Å². The van der Waals surface area contributed by atoms with Crippen LogP contribution in [0.5, 0.6) is 0 Å². The number of aromatic nitrogens is 2. The van der Waals surface area contributed by atoms with Crippen molar-refractivity contribution in [3.05, 3.63) is 52.8 Å². The largest absolute Gasteiger partial charge is 0.325 e. The van der Waals surface area contributed by atoms with Gasteiger partial charge in [-0.05, 0) is 41.4 Å². The molecular formula is C14H16BrN3. The highest BCUT2D eigenvalue weighted by Crippen LogP contribution is 2.28. The van der Waals surface area contributed by atoms with Crippen molar-refractivity contribution in [2.75, 3.05) is 5.32 Å². The maximum atomic E-state index is 4.48. The van der Waals surface area contributed by atoms with E-state index in [0.29, 0.717) is 0 Å². The summed E-state index contributed by atoms with van der Waals surface area (Å²) < 4.78 is 3.10. The summed E-state index contributed by atoms with van der Waals surface area (Å²) in [6, 6.07) is 6.12. The average Bonchev–Trinajstić information content (AvgIpc) is 2.66. The Balaban J connectivity index is 2.33. The molecule has 1 aromatic carbocycles. The van der Waals surface area contributed by atoms with Crippen molar-refractivity contribution in [2.24, 2.45) is 0 Å². The number of aryl methyl sites for hydroxylation is 2. The summed E-state index contributed by atoms with van der Waals surface area (Å²) in [7, 11) is 0. The lowest BCUT2D eigenvalue weighted by Crippen LogP contribution is -2.02. The molecule has 1 N–H and O–H groups in total. The third-order valence-corrected chi connectivity index (χ3v) is 3.71. The van der Waals surface area contributed by atoms with Crippen LogP contribution >= 0.6 is 15.9 Å². The Bertz CT molecular complexity index is 572. The van der Waals surface area contributed by atoms with Crippen molar-refractivity contribution in [3.63, 3.8) is 0 Å². The quantitative estimate of drug-likeness (QED) is 0.858. The molecule has 0 unspecified atom stereocenters. The predicted octanol–water partition coefficient (Wildman–Crippen LogP) is 4.19. The Morgan fingerprint density at radius 2 is 2.22 bits per heavy atom. The molecule has 1 heterocycles. The zero-order valence-corrected chi connectivity index (χ0v) is 12.2. The van der Waals surface area contributed by atoms with Crippen LogP contribution in [0.3, 0.4) is 0 Å². The first-order chi connectivity index (χ1) is 8.61. The van der Waals surface area contributed by atoms with Gasteiger partial charge in [0.1, 0.15) is 0 Å². The topological polar surface area (TPSA) is 29.9 Å². The first kappa shape index (κ1) is 12.9. The van der Waals surface area contributed by atoms with Crippen LogP contribution in [-0.2, 0) is 6.54 Å². The Hall–Kier alpha value is -1.55. The molecule has 0 saturated carbocycles. The van der Waals surface area contributed by atoms with Gasteiger partial charge in [-0.1, -0.05) is 18.2 Å². The molecule has 0 saturated heterocycles. The molecule has 94 valence electrons. The average molecular weight is 306 g/mol. The van der Waals surface area contributed by atoms with Crippen molar-refractivity contribution < 1.29 is 0 Å². The molecule has 0 fully saturated rings. The van der Waals surface area contributed by atoms with Crippen LogP contribution in [0.1, 0.15) is 11.3 Å². The van der Waals surface area contributed by atoms with E-state index in [1.54, 1.807) is 0 Å². The second-order valence-electron chi connectivity index (χ2n) is 4.21. The summed E-state index contributed by atoms with van der Waals surface area (Å²) in [5.74, 6) is 0.832. The van der Waals surface area contributed by atoms with E-state index in [1.807, 2.05) is 35.9 Å². The highest BCUT2D eigenvalue weighted by atomic mass is 79.9. The van der Waals surface area contributed by atoms with Gasteiger partial charge in [0.15, 0.2) is 0 Å². The molecule has 2 aromatic rings. The summed E-state index contributed by atoms with van der Waals surface area (Å²) in [5.41, 5.74) is 3.20. The number of hydrogen-bond acceptors (Lipinski definition) is 2. The first-order valence-electron chi connectivity index (χ1n) is 5.78. The lowest BCUT2D eigenvalue weighted by Gasteiger charge is -2.10. The number of hydrogen-bond donors (Lipinski definition) is 1. The molecular weight excluding hydrogens is 290 g/mol. The number of allylic oxidation sites excluding steroid dienone is 1. The van der Waals surface area contributed by atoms with Gasteiger partial charge in [0, 0.05) is 17.2 Å². The van der Waals surface area contributed by atoms with Gasteiger partial charge in [0.25, 0.3) is 0 Å². The molecule has 0 radical (unpaired) electrons. The van der Waals surface area contributed by atoms with Crippen LogP contribution in [0, 0.1) is 13.8 Å². The van der Waals surface area contributed by atoms with Gasteiger partial charge in [-0.25, -0.2) is 4.98 Å². The zero-order chi connectivity index (χ0) is 13.1. The number of benzene rings is 1. The number of halogens is 1. The fourth-order valence-electron chi connectivity index (χ4n) is 1.79. The van der Waals surface area contributed by atoms with Gasteiger partial charge in [-0.3, -0.25) is 0 Å². The zero-order valence-electron chi connectivity index (χ0n) is 10.6.